The highest BCUT2D eigenvalue weighted by atomic mass is 35.5. The number of nitrogens with two attached hydrogens (primary N) is 1. The molecule has 1 heterocycles. The number of carbonyl (C=O) groups excluding carboxylic acids is 1. The fourth-order valence-electron chi connectivity index (χ4n) is 2.56. The smallest absolute Gasteiger partial charge is 0.248 e. The monoisotopic (exact) mass is 415 g/mol. The summed E-state index contributed by atoms with van der Waals surface area (Å²) in [5.41, 5.74) is 5.78. The molecule has 0 unspecified atom stereocenters. The van der Waals surface area contributed by atoms with Gasteiger partial charge in [-0.1, -0.05) is 25.4 Å². The Kier molecular flexibility index (Phi) is 7.61. The van der Waals surface area contributed by atoms with Crippen LogP contribution in [0.3, 0.4) is 0 Å². The maximum Gasteiger partial charge on any atom is 0.248 e. The van der Waals surface area contributed by atoms with Gasteiger partial charge >= 0.3 is 0 Å². The Bertz CT molecular complexity index is 939. The Morgan fingerprint density at radius 1 is 1.34 bits per heavy atom. The highest BCUT2D eigenvalue weighted by Crippen LogP contribution is 2.28. The van der Waals surface area contributed by atoms with Gasteiger partial charge in [0.05, 0.1) is 5.69 Å². The van der Waals surface area contributed by atoms with Crippen LogP contribution in [0.25, 0.3) is 11.3 Å². The average Bonchev–Trinajstić information content (AvgIpc) is 2.67. The van der Waals surface area contributed by atoms with Crippen molar-refractivity contribution in [2.24, 2.45) is 16.1 Å². The summed E-state index contributed by atoms with van der Waals surface area (Å²) >= 11 is 6.24. The van der Waals surface area contributed by atoms with Crippen molar-refractivity contribution in [1.29, 1.82) is 0 Å². The first kappa shape index (κ1) is 22.2. The normalized spacial score (nSPS) is 12.2. The summed E-state index contributed by atoms with van der Waals surface area (Å²) in [7, 11) is 0. The summed E-state index contributed by atoms with van der Waals surface area (Å²) in [6.45, 7) is 8.10. The number of allylic oxidation sites excluding steroid dienone is 3. The molecular weight excluding hydrogens is 393 g/mol. The van der Waals surface area contributed by atoms with Gasteiger partial charge in [0, 0.05) is 28.9 Å². The Morgan fingerprint density at radius 2 is 2.10 bits per heavy atom. The summed E-state index contributed by atoms with van der Waals surface area (Å²) in [6, 6.07) is 7.21. The predicted octanol–water partition coefficient (Wildman–Crippen LogP) is 4.55. The molecule has 8 heteroatoms. The highest BCUT2D eigenvalue weighted by Gasteiger charge is 2.19. The Hall–Kier alpha value is -3.06. The number of hydrogen-bond acceptors (Lipinski definition) is 5. The quantitative estimate of drug-likeness (QED) is 0.464. The van der Waals surface area contributed by atoms with Crippen LogP contribution >= 0.6 is 11.6 Å². The number of hydrogen-bond donors (Lipinski definition) is 2. The third-order valence-electron chi connectivity index (χ3n) is 4.06. The fourth-order valence-corrected chi connectivity index (χ4v) is 3.00. The fraction of sp³-hybridized carbons (Fsp3) is 0.238. The zero-order chi connectivity index (χ0) is 21.4. The van der Waals surface area contributed by atoms with E-state index in [-0.39, 0.29) is 16.5 Å². The molecular formula is C21H23ClFN5O. The van der Waals surface area contributed by atoms with Gasteiger partial charge in [0.25, 0.3) is 0 Å². The Morgan fingerprint density at radius 3 is 2.72 bits per heavy atom. The van der Waals surface area contributed by atoms with Gasteiger partial charge in [-0.2, -0.15) is 0 Å². The van der Waals surface area contributed by atoms with Gasteiger partial charge in [-0.25, -0.2) is 4.39 Å². The van der Waals surface area contributed by atoms with Gasteiger partial charge in [0.1, 0.15) is 11.6 Å². The number of aliphatic imine (C=N–C) groups is 1. The van der Waals surface area contributed by atoms with E-state index >= 15 is 0 Å². The largest absolute Gasteiger partial charge is 0.368 e. The molecule has 0 fully saturated rings. The van der Waals surface area contributed by atoms with Crippen LogP contribution in [0.2, 0.25) is 0 Å². The molecule has 29 heavy (non-hydrogen) atoms. The van der Waals surface area contributed by atoms with Crippen LogP contribution < -0.4 is 11.1 Å². The van der Waals surface area contributed by atoms with Crippen molar-refractivity contribution in [2.45, 2.75) is 20.3 Å². The third-order valence-corrected chi connectivity index (χ3v) is 4.32. The minimum atomic E-state index is -0.635. The summed E-state index contributed by atoms with van der Waals surface area (Å²) in [4.78, 5) is 14.9. The van der Waals surface area contributed by atoms with Crippen molar-refractivity contribution in [1.82, 2.24) is 10.2 Å². The molecule has 0 aliphatic carbocycles. The summed E-state index contributed by atoms with van der Waals surface area (Å²) in [5.74, 6) is -0.596. The van der Waals surface area contributed by atoms with Gasteiger partial charge in [-0.05, 0) is 61.0 Å². The lowest BCUT2D eigenvalue weighted by Gasteiger charge is -2.24. The number of nitrogens with one attached hydrogen (secondary N) is 1. The van der Waals surface area contributed by atoms with Crippen LogP contribution in [0.1, 0.15) is 30.6 Å². The number of anilines is 1. The van der Waals surface area contributed by atoms with Crippen LogP contribution in [0.15, 0.2) is 58.7 Å². The van der Waals surface area contributed by atoms with E-state index in [4.69, 9.17) is 17.3 Å². The molecule has 0 saturated carbocycles. The molecule has 1 aromatic carbocycles. The van der Waals surface area contributed by atoms with Crippen molar-refractivity contribution in [3.05, 3.63) is 65.1 Å². The van der Waals surface area contributed by atoms with E-state index in [1.165, 1.54) is 18.2 Å². The summed E-state index contributed by atoms with van der Waals surface area (Å²) in [6.07, 6.45) is 5.73. The number of rotatable bonds is 9. The Balaban J connectivity index is 2.05. The molecule has 1 aromatic heterocycles. The van der Waals surface area contributed by atoms with E-state index in [0.717, 1.165) is 0 Å². The molecule has 1 amide bonds. The molecule has 0 saturated heterocycles. The van der Waals surface area contributed by atoms with Crippen LogP contribution in [0.4, 0.5) is 10.2 Å². The summed E-state index contributed by atoms with van der Waals surface area (Å²) in [5, 5.41) is 12.0. The zero-order valence-corrected chi connectivity index (χ0v) is 17.1. The average molecular weight is 416 g/mol. The molecule has 2 rings (SSSR count). The number of amides is 1. The van der Waals surface area contributed by atoms with Crippen molar-refractivity contribution in [3.63, 3.8) is 0 Å². The minimum Gasteiger partial charge on any atom is -0.368 e. The standard InChI is InChI=1S/C21H23ClFN5O/c1-21(2,12-15(22)5-4-10-25-3)13-26-19-9-8-18(27-28-19)16-11-14(20(24)29)6-7-17(16)23/h4-11H,3,12-13H2,1-2H3,(H2,24,29)(H,26,28)/b10-4-,15-5+. The zero-order valence-electron chi connectivity index (χ0n) is 16.3. The van der Waals surface area contributed by atoms with Crippen LogP contribution in [0, 0.1) is 11.2 Å². The van der Waals surface area contributed by atoms with E-state index in [9.17, 15) is 9.18 Å². The molecule has 6 nitrogen and oxygen atoms in total. The van der Waals surface area contributed by atoms with Crippen molar-refractivity contribution in [3.8, 4) is 11.3 Å². The first-order chi connectivity index (χ1) is 13.7. The van der Waals surface area contributed by atoms with Crippen molar-refractivity contribution >= 4 is 30.0 Å². The molecule has 0 aliphatic rings. The van der Waals surface area contributed by atoms with Gasteiger partial charge < -0.3 is 11.1 Å². The van der Waals surface area contributed by atoms with Gasteiger partial charge in [-0.3, -0.25) is 9.79 Å². The molecule has 2 aromatic rings. The first-order valence-corrected chi connectivity index (χ1v) is 9.24. The molecule has 0 radical (unpaired) electrons. The molecule has 0 spiro atoms. The van der Waals surface area contributed by atoms with Gasteiger partial charge in [0.15, 0.2) is 0 Å². The molecule has 0 aliphatic heterocycles. The van der Waals surface area contributed by atoms with Gasteiger partial charge in [0.2, 0.25) is 5.91 Å². The number of benzene rings is 1. The lowest BCUT2D eigenvalue weighted by Crippen LogP contribution is -2.23. The lowest BCUT2D eigenvalue weighted by molar-refractivity contribution is 0.100. The summed E-state index contributed by atoms with van der Waals surface area (Å²) < 4.78 is 14.1. The molecule has 152 valence electrons. The number of nitrogens with zero attached hydrogens (tertiary/aromatic N) is 3. The predicted molar refractivity (Wildman–Crippen MR) is 115 cm³/mol. The number of aromatic nitrogens is 2. The van der Waals surface area contributed by atoms with Crippen LogP contribution in [-0.2, 0) is 0 Å². The third kappa shape index (κ3) is 6.80. The van der Waals surface area contributed by atoms with E-state index in [0.29, 0.717) is 29.5 Å². The van der Waals surface area contributed by atoms with Gasteiger partial charge in [-0.15, -0.1) is 10.2 Å². The molecule has 3 N–H and O–H groups in total. The lowest BCUT2D eigenvalue weighted by atomic mass is 9.89. The Labute approximate surface area is 174 Å². The van der Waals surface area contributed by atoms with Crippen LogP contribution in [0.5, 0.6) is 0 Å². The maximum atomic E-state index is 14.1. The van der Waals surface area contributed by atoms with E-state index in [1.54, 1.807) is 30.5 Å². The second kappa shape index (κ2) is 9.93. The second-order valence-electron chi connectivity index (χ2n) is 7.19. The van der Waals surface area contributed by atoms with Crippen molar-refractivity contribution < 1.29 is 9.18 Å². The number of halogens is 2. The minimum absolute atomic E-state index is 0.148. The molecule has 0 atom stereocenters. The SMILES string of the molecule is C=N/C=C\C=C(\Cl)CC(C)(C)CNc1ccc(-c2cc(C(N)=O)ccc2F)nn1. The van der Waals surface area contributed by atoms with E-state index in [2.05, 4.69) is 41.1 Å². The number of primary amides is 1. The van der Waals surface area contributed by atoms with E-state index < -0.39 is 11.7 Å². The maximum absolute atomic E-state index is 14.1. The number of carbonyl (C=O) groups is 1. The molecule has 0 bridgehead atoms. The van der Waals surface area contributed by atoms with Crippen molar-refractivity contribution in [2.75, 3.05) is 11.9 Å². The highest BCUT2D eigenvalue weighted by molar-refractivity contribution is 6.29. The van der Waals surface area contributed by atoms with Crippen LogP contribution in [-0.4, -0.2) is 29.4 Å². The van der Waals surface area contributed by atoms with E-state index in [1.807, 2.05) is 0 Å². The topological polar surface area (TPSA) is 93.3 Å². The first-order valence-electron chi connectivity index (χ1n) is 8.86. The second-order valence-corrected chi connectivity index (χ2v) is 7.68.